The third-order valence-corrected chi connectivity index (χ3v) is 2.54. The van der Waals surface area contributed by atoms with Gasteiger partial charge in [0.2, 0.25) is 5.82 Å². The summed E-state index contributed by atoms with van der Waals surface area (Å²) < 4.78 is 66.2. The Kier molecular flexibility index (Phi) is 3.13. The predicted molar refractivity (Wildman–Crippen MR) is 58.6 cm³/mol. The topological polar surface area (TPSA) is 38.9 Å². The van der Waals surface area contributed by atoms with Gasteiger partial charge in [0.15, 0.2) is 23.3 Å². The standard InChI is InChI=1S/C12H7F5N2/c1-4-2-3-5(12(18)19-4)6-7(13)9(15)11(17)10(16)8(6)14/h2-3H,1H3,(H2,18,19). The minimum absolute atomic E-state index is 0.316. The molecule has 0 saturated heterocycles. The lowest BCUT2D eigenvalue weighted by molar-refractivity contribution is 0.381. The first-order valence-corrected chi connectivity index (χ1v) is 5.09. The molecule has 0 amide bonds. The smallest absolute Gasteiger partial charge is 0.200 e. The maximum absolute atomic E-state index is 13.6. The molecule has 0 saturated carbocycles. The van der Waals surface area contributed by atoms with E-state index in [9.17, 15) is 22.0 Å². The van der Waals surface area contributed by atoms with E-state index in [-0.39, 0.29) is 11.4 Å². The van der Waals surface area contributed by atoms with Crippen LogP contribution in [0, 0.1) is 36.0 Å². The summed E-state index contributed by atoms with van der Waals surface area (Å²) in [4.78, 5) is 3.72. The molecule has 0 aliphatic rings. The van der Waals surface area contributed by atoms with Crippen LogP contribution in [0.1, 0.15) is 5.69 Å². The largest absolute Gasteiger partial charge is 0.383 e. The van der Waals surface area contributed by atoms with E-state index in [4.69, 9.17) is 5.73 Å². The molecular weight excluding hydrogens is 267 g/mol. The van der Waals surface area contributed by atoms with Gasteiger partial charge < -0.3 is 5.73 Å². The number of nitrogens with two attached hydrogens (primary N) is 1. The molecule has 0 fully saturated rings. The van der Waals surface area contributed by atoms with Crippen molar-refractivity contribution in [3.05, 3.63) is 46.9 Å². The van der Waals surface area contributed by atoms with Crippen molar-refractivity contribution < 1.29 is 22.0 Å². The molecule has 0 radical (unpaired) electrons. The predicted octanol–water partition coefficient (Wildman–Crippen LogP) is 3.33. The Balaban J connectivity index is 2.83. The van der Waals surface area contributed by atoms with E-state index in [1.165, 1.54) is 6.07 Å². The molecule has 19 heavy (non-hydrogen) atoms. The molecule has 2 rings (SSSR count). The Bertz CT molecular complexity index is 641. The highest BCUT2D eigenvalue weighted by molar-refractivity contribution is 5.75. The Labute approximate surface area is 104 Å². The van der Waals surface area contributed by atoms with Crippen molar-refractivity contribution in [2.45, 2.75) is 6.92 Å². The van der Waals surface area contributed by atoms with Crippen LogP contribution < -0.4 is 5.73 Å². The summed E-state index contributed by atoms with van der Waals surface area (Å²) in [6.45, 7) is 1.57. The minimum Gasteiger partial charge on any atom is -0.383 e. The number of hydrogen-bond donors (Lipinski definition) is 1. The Morgan fingerprint density at radius 1 is 0.842 bits per heavy atom. The lowest BCUT2D eigenvalue weighted by atomic mass is 10.0. The molecule has 2 nitrogen and oxygen atoms in total. The molecule has 0 bridgehead atoms. The van der Waals surface area contributed by atoms with Crippen LogP contribution in [0.4, 0.5) is 27.8 Å². The molecule has 0 unspecified atom stereocenters. The van der Waals surface area contributed by atoms with E-state index in [0.717, 1.165) is 6.07 Å². The van der Waals surface area contributed by atoms with Gasteiger partial charge in [0, 0.05) is 11.3 Å². The molecular formula is C12H7F5N2. The number of aryl methyl sites for hydroxylation is 1. The lowest BCUT2D eigenvalue weighted by Gasteiger charge is -2.10. The normalized spacial score (nSPS) is 10.8. The van der Waals surface area contributed by atoms with E-state index in [2.05, 4.69) is 4.98 Å². The van der Waals surface area contributed by atoms with Gasteiger partial charge in [-0.15, -0.1) is 0 Å². The van der Waals surface area contributed by atoms with Gasteiger partial charge in [0.05, 0.1) is 5.56 Å². The highest BCUT2D eigenvalue weighted by Gasteiger charge is 2.27. The molecule has 0 aliphatic carbocycles. The summed E-state index contributed by atoms with van der Waals surface area (Å²) in [5, 5.41) is 0. The first-order chi connectivity index (χ1) is 8.84. The second-order valence-corrected chi connectivity index (χ2v) is 3.83. The highest BCUT2D eigenvalue weighted by atomic mass is 19.2. The summed E-state index contributed by atoms with van der Waals surface area (Å²) in [5.41, 5.74) is 4.46. The zero-order valence-electron chi connectivity index (χ0n) is 9.57. The summed E-state index contributed by atoms with van der Waals surface area (Å²) in [6.07, 6.45) is 0. The second-order valence-electron chi connectivity index (χ2n) is 3.83. The van der Waals surface area contributed by atoms with E-state index in [1.807, 2.05) is 0 Å². The minimum atomic E-state index is -2.21. The molecule has 0 aliphatic heterocycles. The van der Waals surface area contributed by atoms with Crippen LogP contribution in [0.3, 0.4) is 0 Å². The summed E-state index contributed by atoms with van der Waals surface area (Å²) >= 11 is 0. The molecule has 0 atom stereocenters. The Morgan fingerprint density at radius 3 is 1.79 bits per heavy atom. The number of hydrogen-bond acceptors (Lipinski definition) is 2. The maximum Gasteiger partial charge on any atom is 0.200 e. The summed E-state index contributed by atoms with van der Waals surface area (Å²) in [7, 11) is 0. The number of anilines is 1. The van der Waals surface area contributed by atoms with Crippen molar-refractivity contribution in [1.82, 2.24) is 4.98 Å². The maximum atomic E-state index is 13.6. The van der Waals surface area contributed by atoms with Gasteiger partial charge in [-0.2, -0.15) is 0 Å². The monoisotopic (exact) mass is 274 g/mol. The fourth-order valence-electron chi connectivity index (χ4n) is 1.63. The van der Waals surface area contributed by atoms with Crippen molar-refractivity contribution in [3.8, 4) is 11.1 Å². The van der Waals surface area contributed by atoms with E-state index in [1.54, 1.807) is 6.92 Å². The molecule has 100 valence electrons. The fraction of sp³-hybridized carbons (Fsp3) is 0.0833. The molecule has 2 N–H and O–H groups in total. The molecule has 1 aromatic heterocycles. The number of nitrogen functional groups attached to an aromatic ring is 1. The van der Waals surface area contributed by atoms with E-state index >= 15 is 0 Å². The van der Waals surface area contributed by atoms with Gasteiger partial charge in [0.25, 0.3) is 0 Å². The average Bonchev–Trinajstić information content (AvgIpc) is 2.37. The lowest BCUT2D eigenvalue weighted by Crippen LogP contribution is -2.06. The number of nitrogens with zero attached hydrogens (tertiary/aromatic N) is 1. The van der Waals surface area contributed by atoms with Gasteiger partial charge in [-0.25, -0.2) is 26.9 Å². The number of benzene rings is 1. The van der Waals surface area contributed by atoms with Crippen LogP contribution in [0.2, 0.25) is 0 Å². The van der Waals surface area contributed by atoms with Crippen molar-refractivity contribution in [2.24, 2.45) is 0 Å². The number of pyridine rings is 1. The Hall–Kier alpha value is -2.18. The zero-order valence-corrected chi connectivity index (χ0v) is 9.57. The van der Waals surface area contributed by atoms with Crippen LogP contribution in [-0.4, -0.2) is 4.98 Å². The van der Waals surface area contributed by atoms with Crippen LogP contribution in [0.5, 0.6) is 0 Å². The average molecular weight is 274 g/mol. The Morgan fingerprint density at radius 2 is 1.32 bits per heavy atom. The number of halogens is 5. The van der Waals surface area contributed by atoms with Crippen LogP contribution in [0.25, 0.3) is 11.1 Å². The molecule has 1 aromatic carbocycles. The van der Waals surface area contributed by atoms with Crippen molar-refractivity contribution in [2.75, 3.05) is 5.73 Å². The second kappa shape index (κ2) is 4.49. The number of rotatable bonds is 1. The number of aromatic nitrogens is 1. The molecule has 0 spiro atoms. The van der Waals surface area contributed by atoms with Gasteiger partial charge >= 0.3 is 0 Å². The van der Waals surface area contributed by atoms with E-state index < -0.39 is 34.6 Å². The van der Waals surface area contributed by atoms with Crippen LogP contribution >= 0.6 is 0 Å². The van der Waals surface area contributed by atoms with Gasteiger partial charge in [-0.3, -0.25) is 0 Å². The first-order valence-electron chi connectivity index (χ1n) is 5.09. The van der Waals surface area contributed by atoms with Crippen molar-refractivity contribution >= 4 is 5.82 Å². The zero-order chi connectivity index (χ0) is 14.3. The highest BCUT2D eigenvalue weighted by Crippen LogP contribution is 2.33. The van der Waals surface area contributed by atoms with Gasteiger partial charge in [0.1, 0.15) is 5.82 Å². The van der Waals surface area contributed by atoms with E-state index in [0.29, 0.717) is 5.69 Å². The van der Waals surface area contributed by atoms with Gasteiger partial charge in [-0.1, -0.05) is 0 Å². The summed E-state index contributed by atoms with van der Waals surface area (Å²) in [5.74, 6) is -10.4. The quantitative estimate of drug-likeness (QED) is 0.492. The fourth-order valence-corrected chi connectivity index (χ4v) is 1.63. The van der Waals surface area contributed by atoms with Crippen LogP contribution in [0.15, 0.2) is 12.1 Å². The molecule has 2 aromatic rings. The summed E-state index contributed by atoms with van der Waals surface area (Å²) in [6, 6.07) is 2.50. The third-order valence-electron chi connectivity index (χ3n) is 2.54. The van der Waals surface area contributed by atoms with Gasteiger partial charge in [-0.05, 0) is 19.1 Å². The SMILES string of the molecule is Cc1ccc(-c2c(F)c(F)c(F)c(F)c2F)c(N)n1. The third kappa shape index (κ3) is 2.00. The van der Waals surface area contributed by atoms with Crippen molar-refractivity contribution in [3.63, 3.8) is 0 Å². The first kappa shape index (κ1) is 13.3. The molecule has 1 heterocycles. The molecule has 7 heteroatoms. The van der Waals surface area contributed by atoms with Crippen LogP contribution in [-0.2, 0) is 0 Å². The van der Waals surface area contributed by atoms with Crippen molar-refractivity contribution in [1.29, 1.82) is 0 Å².